The topological polar surface area (TPSA) is 71.3 Å². The Bertz CT molecular complexity index is 889. The lowest BCUT2D eigenvalue weighted by Crippen LogP contribution is -2.13. The van der Waals surface area contributed by atoms with Crippen LogP contribution < -0.4 is 14.8 Å². The van der Waals surface area contributed by atoms with Crippen LogP contribution in [-0.2, 0) is 4.79 Å². The third kappa shape index (κ3) is 4.69. The van der Waals surface area contributed by atoms with Crippen molar-refractivity contribution in [3.8, 4) is 17.6 Å². The van der Waals surface area contributed by atoms with Gasteiger partial charge >= 0.3 is 0 Å². The van der Waals surface area contributed by atoms with E-state index >= 15 is 0 Å². The molecule has 0 spiro atoms. The summed E-state index contributed by atoms with van der Waals surface area (Å²) in [7, 11) is 1.48. The van der Waals surface area contributed by atoms with Crippen LogP contribution in [0.15, 0.2) is 42.0 Å². The maximum absolute atomic E-state index is 12.4. The van der Waals surface area contributed by atoms with E-state index in [4.69, 9.17) is 32.7 Å². The molecule has 0 aliphatic carbocycles. The average molecular weight is 391 g/mol. The van der Waals surface area contributed by atoms with Crippen molar-refractivity contribution >= 4 is 40.9 Å². The van der Waals surface area contributed by atoms with Crippen molar-refractivity contribution in [2.75, 3.05) is 19.0 Å². The monoisotopic (exact) mass is 390 g/mol. The summed E-state index contributed by atoms with van der Waals surface area (Å²) < 4.78 is 10.7. The number of anilines is 1. The van der Waals surface area contributed by atoms with Gasteiger partial charge in [-0.2, -0.15) is 5.26 Å². The largest absolute Gasteiger partial charge is 0.493 e. The number of methoxy groups -OCH3 is 1. The lowest BCUT2D eigenvalue weighted by Gasteiger charge is -2.12. The number of carbonyl (C=O) groups is 1. The number of nitrogens with one attached hydrogen (secondary N) is 1. The molecule has 0 aromatic heterocycles. The fourth-order valence-corrected chi connectivity index (χ4v) is 2.63. The molecule has 1 amide bonds. The zero-order chi connectivity index (χ0) is 19.1. The van der Waals surface area contributed by atoms with E-state index in [-0.39, 0.29) is 5.57 Å². The molecule has 2 rings (SSSR count). The number of nitrogens with zero attached hydrogens (tertiary/aromatic N) is 1. The molecule has 0 aliphatic rings. The summed E-state index contributed by atoms with van der Waals surface area (Å²) in [6.45, 7) is 2.26. The van der Waals surface area contributed by atoms with Crippen LogP contribution in [0.4, 0.5) is 5.69 Å². The Kier molecular flexibility index (Phi) is 6.90. The van der Waals surface area contributed by atoms with Gasteiger partial charge in [-0.15, -0.1) is 0 Å². The Morgan fingerprint density at radius 1 is 1.27 bits per heavy atom. The number of benzene rings is 2. The van der Waals surface area contributed by atoms with Gasteiger partial charge in [-0.05, 0) is 42.8 Å². The van der Waals surface area contributed by atoms with E-state index in [0.29, 0.717) is 39.4 Å². The maximum atomic E-state index is 12.4. The molecule has 5 nitrogen and oxygen atoms in total. The molecular weight excluding hydrogens is 375 g/mol. The number of para-hydroxylation sites is 1. The molecule has 134 valence electrons. The van der Waals surface area contributed by atoms with Crippen molar-refractivity contribution in [3.63, 3.8) is 0 Å². The second-order valence-corrected chi connectivity index (χ2v) is 5.89. The van der Waals surface area contributed by atoms with Crippen molar-refractivity contribution < 1.29 is 14.3 Å². The van der Waals surface area contributed by atoms with E-state index in [1.54, 1.807) is 36.4 Å². The molecule has 7 heteroatoms. The Labute approximate surface area is 161 Å². The van der Waals surface area contributed by atoms with Crippen LogP contribution in [0.25, 0.3) is 6.08 Å². The van der Waals surface area contributed by atoms with Crippen LogP contribution in [0.1, 0.15) is 12.5 Å². The molecule has 0 bridgehead atoms. The van der Waals surface area contributed by atoms with Gasteiger partial charge < -0.3 is 14.8 Å². The first-order valence-corrected chi connectivity index (χ1v) is 8.43. The first-order chi connectivity index (χ1) is 12.5. The molecule has 0 heterocycles. The predicted molar refractivity (Wildman–Crippen MR) is 103 cm³/mol. The SMILES string of the molecule is CCOc1c(Cl)cc(/C=C(\C#N)C(=O)Nc2ccccc2Cl)cc1OC. The van der Waals surface area contributed by atoms with Crippen LogP contribution >= 0.6 is 23.2 Å². The van der Waals surface area contributed by atoms with Crippen LogP contribution in [0.2, 0.25) is 10.0 Å². The van der Waals surface area contributed by atoms with Gasteiger partial charge in [0.05, 0.1) is 29.4 Å². The molecule has 0 fully saturated rings. The van der Waals surface area contributed by atoms with E-state index in [1.807, 2.05) is 13.0 Å². The summed E-state index contributed by atoms with van der Waals surface area (Å²) in [4.78, 5) is 12.4. The van der Waals surface area contributed by atoms with Crippen molar-refractivity contribution in [1.29, 1.82) is 5.26 Å². The van der Waals surface area contributed by atoms with E-state index in [0.717, 1.165) is 0 Å². The minimum atomic E-state index is -0.579. The van der Waals surface area contributed by atoms with E-state index < -0.39 is 5.91 Å². The number of nitriles is 1. The van der Waals surface area contributed by atoms with Crippen LogP contribution in [0.3, 0.4) is 0 Å². The van der Waals surface area contributed by atoms with Crippen molar-refractivity contribution in [2.45, 2.75) is 6.92 Å². The van der Waals surface area contributed by atoms with E-state index in [9.17, 15) is 10.1 Å². The van der Waals surface area contributed by atoms with Gasteiger partial charge in [0.25, 0.3) is 5.91 Å². The molecule has 0 saturated carbocycles. The zero-order valence-electron chi connectivity index (χ0n) is 14.2. The Morgan fingerprint density at radius 3 is 2.62 bits per heavy atom. The first kappa shape index (κ1) is 19.6. The summed E-state index contributed by atoms with van der Waals surface area (Å²) >= 11 is 12.2. The van der Waals surface area contributed by atoms with Gasteiger partial charge in [0.1, 0.15) is 11.6 Å². The highest BCUT2D eigenvalue weighted by Crippen LogP contribution is 2.37. The summed E-state index contributed by atoms with van der Waals surface area (Å²) in [6, 6.07) is 11.9. The normalized spacial score (nSPS) is 10.8. The highest BCUT2D eigenvalue weighted by Gasteiger charge is 2.14. The number of amides is 1. The number of rotatable bonds is 6. The summed E-state index contributed by atoms with van der Waals surface area (Å²) in [5.74, 6) is 0.242. The minimum Gasteiger partial charge on any atom is -0.493 e. The molecular formula is C19H16Cl2N2O3. The zero-order valence-corrected chi connectivity index (χ0v) is 15.7. The van der Waals surface area contributed by atoms with Crippen molar-refractivity contribution in [1.82, 2.24) is 0 Å². The molecule has 0 unspecified atom stereocenters. The Hall–Kier alpha value is -2.68. The third-order valence-corrected chi connectivity index (χ3v) is 3.95. The van der Waals surface area contributed by atoms with Gasteiger partial charge in [0.15, 0.2) is 11.5 Å². The lowest BCUT2D eigenvalue weighted by molar-refractivity contribution is -0.112. The van der Waals surface area contributed by atoms with Crippen molar-refractivity contribution in [3.05, 3.63) is 57.6 Å². The maximum Gasteiger partial charge on any atom is 0.266 e. The molecule has 0 atom stereocenters. The Balaban J connectivity index is 2.34. The summed E-state index contributed by atoms with van der Waals surface area (Å²) in [5, 5.41) is 12.6. The molecule has 2 aromatic carbocycles. The number of halogens is 2. The molecule has 26 heavy (non-hydrogen) atoms. The van der Waals surface area contributed by atoms with Gasteiger partial charge in [-0.1, -0.05) is 35.3 Å². The highest BCUT2D eigenvalue weighted by atomic mass is 35.5. The molecule has 2 aromatic rings. The Morgan fingerprint density at radius 2 is 2.00 bits per heavy atom. The number of hydrogen-bond donors (Lipinski definition) is 1. The fourth-order valence-electron chi connectivity index (χ4n) is 2.18. The van der Waals surface area contributed by atoms with Crippen molar-refractivity contribution in [2.24, 2.45) is 0 Å². The van der Waals surface area contributed by atoms with E-state index in [1.165, 1.54) is 13.2 Å². The van der Waals surface area contributed by atoms with Crippen LogP contribution in [0, 0.1) is 11.3 Å². The highest BCUT2D eigenvalue weighted by molar-refractivity contribution is 6.34. The smallest absolute Gasteiger partial charge is 0.266 e. The summed E-state index contributed by atoms with van der Waals surface area (Å²) in [6.07, 6.45) is 1.41. The summed E-state index contributed by atoms with van der Waals surface area (Å²) in [5.41, 5.74) is 0.844. The first-order valence-electron chi connectivity index (χ1n) is 7.68. The van der Waals surface area contributed by atoms with Gasteiger partial charge in [0, 0.05) is 0 Å². The second-order valence-electron chi connectivity index (χ2n) is 5.07. The standard InChI is InChI=1S/C19H16Cl2N2O3/c1-3-26-18-15(21)9-12(10-17(18)25-2)8-13(11-22)19(24)23-16-7-5-4-6-14(16)20/h4-10H,3H2,1-2H3,(H,23,24)/b13-8+. The molecule has 0 aliphatic heterocycles. The molecule has 0 saturated heterocycles. The van der Waals surface area contributed by atoms with Gasteiger partial charge in [-0.3, -0.25) is 4.79 Å². The predicted octanol–water partition coefficient (Wildman–Crippen LogP) is 4.95. The van der Waals surface area contributed by atoms with Gasteiger partial charge in [0.2, 0.25) is 0 Å². The number of ether oxygens (including phenoxy) is 2. The van der Waals surface area contributed by atoms with Gasteiger partial charge in [-0.25, -0.2) is 0 Å². The van der Waals surface area contributed by atoms with Crippen LogP contribution in [0.5, 0.6) is 11.5 Å². The second kappa shape index (κ2) is 9.14. The lowest BCUT2D eigenvalue weighted by atomic mass is 10.1. The van der Waals surface area contributed by atoms with Crippen LogP contribution in [-0.4, -0.2) is 19.6 Å². The number of hydrogen-bond acceptors (Lipinski definition) is 4. The minimum absolute atomic E-state index is 0.104. The molecule has 1 N–H and O–H groups in total. The number of carbonyl (C=O) groups excluding carboxylic acids is 1. The quantitative estimate of drug-likeness (QED) is 0.559. The average Bonchev–Trinajstić information content (AvgIpc) is 2.63. The third-order valence-electron chi connectivity index (χ3n) is 3.34. The molecule has 0 radical (unpaired) electrons. The fraction of sp³-hybridized carbons (Fsp3) is 0.158. The van der Waals surface area contributed by atoms with E-state index in [2.05, 4.69) is 5.32 Å².